The molecule has 7 rings (SSSR count). The highest BCUT2D eigenvalue weighted by Gasteiger charge is 2.48. The number of alkyl halides is 2. The first kappa shape index (κ1) is 33.7. The summed E-state index contributed by atoms with van der Waals surface area (Å²) >= 11 is 1.67. The van der Waals surface area contributed by atoms with E-state index in [4.69, 9.17) is 9.47 Å². The first-order valence-electron chi connectivity index (χ1n) is 16.7. The molecule has 4 fully saturated rings. The van der Waals surface area contributed by atoms with Crippen molar-refractivity contribution in [2.75, 3.05) is 56.2 Å². The van der Waals surface area contributed by atoms with Gasteiger partial charge in [0, 0.05) is 67.5 Å². The maximum absolute atomic E-state index is 15.4. The molecule has 2 amide bonds. The number of thioether (sulfide) groups is 1. The molecule has 3 N–H and O–H groups in total. The molecule has 11 nitrogen and oxygen atoms in total. The van der Waals surface area contributed by atoms with Crippen LogP contribution in [0, 0.1) is 11.7 Å². The van der Waals surface area contributed by atoms with Gasteiger partial charge < -0.3 is 24.7 Å². The lowest BCUT2D eigenvalue weighted by molar-refractivity contribution is -0.133. The number of nitrogens with one attached hydrogen (secondary N) is 3. The highest BCUT2D eigenvalue weighted by Crippen LogP contribution is 2.37. The molecule has 0 radical (unpaired) electrons. The molecule has 262 valence electrons. The molecular weight excluding hydrogens is 661 g/mol. The van der Waals surface area contributed by atoms with Crippen molar-refractivity contribution in [2.24, 2.45) is 5.92 Å². The predicted molar refractivity (Wildman–Crippen MR) is 180 cm³/mol. The van der Waals surface area contributed by atoms with Gasteiger partial charge in [-0.15, -0.1) is 0 Å². The van der Waals surface area contributed by atoms with E-state index in [0.29, 0.717) is 62.5 Å². The predicted octanol–water partition coefficient (Wildman–Crippen LogP) is 3.92. The van der Waals surface area contributed by atoms with Crippen molar-refractivity contribution in [3.05, 3.63) is 58.4 Å². The number of benzene rings is 2. The summed E-state index contributed by atoms with van der Waals surface area (Å²) in [5.74, 6) is -4.48. The molecule has 0 bridgehead atoms. The molecule has 2 aromatic carbocycles. The fourth-order valence-corrected chi connectivity index (χ4v) is 7.92. The number of imide groups is 1. The Hall–Kier alpha value is -3.82. The number of hydrogen-bond donors (Lipinski definition) is 3. The second kappa shape index (κ2) is 14.2. The highest BCUT2D eigenvalue weighted by molar-refractivity contribution is 7.99. The van der Waals surface area contributed by atoms with Gasteiger partial charge in [0.15, 0.2) is 0 Å². The van der Waals surface area contributed by atoms with Crippen LogP contribution in [0.4, 0.5) is 24.5 Å². The van der Waals surface area contributed by atoms with Gasteiger partial charge in [-0.1, -0.05) is 0 Å². The summed E-state index contributed by atoms with van der Waals surface area (Å²) in [5.41, 5.74) is 1.28. The summed E-state index contributed by atoms with van der Waals surface area (Å²) in [7, 11) is 0. The van der Waals surface area contributed by atoms with Crippen molar-refractivity contribution in [1.82, 2.24) is 20.2 Å². The van der Waals surface area contributed by atoms with Gasteiger partial charge in [0.25, 0.3) is 11.5 Å². The summed E-state index contributed by atoms with van der Waals surface area (Å²) in [6, 6.07) is 9.63. The molecule has 0 spiro atoms. The summed E-state index contributed by atoms with van der Waals surface area (Å²) in [6.07, 6.45) is 2.80. The monoisotopic (exact) mass is 700 g/mol. The molecule has 2 unspecified atom stereocenters. The number of piperidine rings is 2. The van der Waals surface area contributed by atoms with Gasteiger partial charge in [0.05, 0.1) is 30.3 Å². The Kier molecular flexibility index (Phi) is 9.75. The van der Waals surface area contributed by atoms with Crippen molar-refractivity contribution in [3.8, 4) is 5.75 Å². The topological polar surface area (TPSA) is 129 Å². The third-order valence-electron chi connectivity index (χ3n) is 9.83. The number of H-pyrrole nitrogens is 1. The van der Waals surface area contributed by atoms with Crippen LogP contribution in [-0.2, 0) is 20.1 Å². The zero-order valence-electron chi connectivity index (χ0n) is 26.9. The van der Waals surface area contributed by atoms with E-state index in [9.17, 15) is 18.8 Å². The van der Waals surface area contributed by atoms with Crippen LogP contribution in [-0.4, -0.2) is 95.9 Å². The second-order valence-electron chi connectivity index (χ2n) is 13.2. The number of hydrogen-bond acceptors (Lipinski definition) is 10. The zero-order chi connectivity index (χ0) is 34.1. The average Bonchev–Trinajstić information content (AvgIpc) is 3.04. The number of ether oxygens (including phenoxy) is 2. The van der Waals surface area contributed by atoms with Crippen LogP contribution in [0.25, 0.3) is 10.9 Å². The van der Waals surface area contributed by atoms with Gasteiger partial charge in [-0.05, 0) is 56.5 Å². The number of carbonyl (C=O) groups is 2. The fourth-order valence-electron chi connectivity index (χ4n) is 6.86. The number of aromatic amines is 1. The molecule has 2 atom stereocenters. The minimum absolute atomic E-state index is 0.00780. The van der Waals surface area contributed by atoms with E-state index >= 15 is 8.78 Å². The average molecular weight is 701 g/mol. The summed E-state index contributed by atoms with van der Waals surface area (Å²) < 4.78 is 56.9. The van der Waals surface area contributed by atoms with Crippen LogP contribution < -0.4 is 25.8 Å². The van der Waals surface area contributed by atoms with Crippen molar-refractivity contribution in [2.45, 2.75) is 61.1 Å². The van der Waals surface area contributed by atoms with E-state index in [2.05, 4.69) is 25.5 Å². The van der Waals surface area contributed by atoms with Crippen molar-refractivity contribution in [3.63, 3.8) is 0 Å². The quantitative estimate of drug-likeness (QED) is 0.268. The van der Waals surface area contributed by atoms with E-state index < -0.39 is 29.3 Å². The van der Waals surface area contributed by atoms with E-state index in [0.717, 1.165) is 30.3 Å². The van der Waals surface area contributed by atoms with Crippen LogP contribution in [0.15, 0.2) is 41.2 Å². The van der Waals surface area contributed by atoms with Crippen LogP contribution in [0.2, 0.25) is 0 Å². The van der Waals surface area contributed by atoms with E-state index in [-0.39, 0.29) is 54.1 Å². The number of fused-ring (bicyclic) bond motifs is 1. The third-order valence-corrected chi connectivity index (χ3v) is 11.2. The van der Waals surface area contributed by atoms with Gasteiger partial charge in [-0.3, -0.25) is 24.6 Å². The molecule has 15 heteroatoms. The van der Waals surface area contributed by atoms with Gasteiger partial charge in [-0.25, -0.2) is 18.2 Å². The van der Waals surface area contributed by atoms with Gasteiger partial charge in [0.1, 0.15) is 28.8 Å². The van der Waals surface area contributed by atoms with Crippen molar-refractivity contribution >= 4 is 45.9 Å². The molecule has 3 aromatic rings. The molecule has 0 aliphatic carbocycles. The lowest BCUT2D eigenvalue weighted by Gasteiger charge is -2.50. The molecule has 0 saturated carbocycles. The fraction of sp³-hybridized carbons (Fsp3) is 0.529. The Morgan fingerprint density at radius 3 is 2.57 bits per heavy atom. The number of aromatic nitrogens is 2. The molecule has 5 heterocycles. The second-order valence-corrected chi connectivity index (χ2v) is 14.5. The zero-order valence-corrected chi connectivity index (χ0v) is 27.7. The minimum Gasteiger partial charge on any atom is -0.493 e. The number of nitrogens with zero attached hydrogens (tertiary/aromatic N) is 3. The number of halogens is 3. The Morgan fingerprint density at radius 1 is 1.06 bits per heavy atom. The Bertz CT molecular complexity index is 1750. The van der Waals surface area contributed by atoms with Crippen molar-refractivity contribution in [1.29, 1.82) is 0 Å². The molecule has 4 aliphatic heterocycles. The minimum atomic E-state index is -3.00. The smallest absolute Gasteiger partial charge is 0.266 e. The summed E-state index contributed by atoms with van der Waals surface area (Å²) in [5, 5.41) is 5.70. The third kappa shape index (κ3) is 7.68. The highest BCUT2D eigenvalue weighted by atomic mass is 32.2. The number of amides is 2. The van der Waals surface area contributed by atoms with Crippen LogP contribution in [0.5, 0.6) is 5.75 Å². The standard InChI is InChI=1S/C34H39F3N6O5S/c35-26-13-24(14-28-31(26)33(46)40-29(39-28)18-49-25-8-11-47-12-9-25)48-17-20-7-10-42(19-34(20,36)37)23-15-43(16-23)22-3-1-21(2-4-22)38-27-5-6-30(44)41-32(27)45/h1-4,13-14,20,23,25,27,38H,5-12,15-19H2,(H,39,40,46)(H,41,44,45). The number of likely N-dealkylation sites (tertiary alicyclic amines) is 1. The summed E-state index contributed by atoms with van der Waals surface area (Å²) in [6.45, 7) is 2.48. The van der Waals surface area contributed by atoms with Gasteiger partial charge in [0.2, 0.25) is 11.8 Å². The van der Waals surface area contributed by atoms with E-state index in [1.54, 1.807) is 11.8 Å². The Morgan fingerprint density at radius 2 is 1.84 bits per heavy atom. The molecule has 4 saturated heterocycles. The van der Waals surface area contributed by atoms with E-state index in [1.165, 1.54) is 6.07 Å². The van der Waals surface area contributed by atoms with Gasteiger partial charge >= 0.3 is 0 Å². The van der Waals surface area contributed by atoms with Gasteiger partial charge in [-0.2, -0.15) is 11.8 Å². The Labute approximate surface area is 285 Å². The summed E-state index contributed by atoms with van der Waals surface area (Å²) in [4.78, 5) is 47.1. The maximum Gasteiger partial charge on any atom is 0.266 e. The molecule has 49 heavy (non-hydrogen) atoms. The number of carbonyl (C=O) groups excluding carboxylic acids is 2. The van der Waals surface area contributed by atoms with Crippen LogP contribution in [0.3, 0.4) is 0 Å². The maximum atomic E-state index is 15.4. The van der Waals surface area contributed by atoms with Crippen LogP contribution >= 0.6 is 11.8 Å². The first-order valence-corrected chi connectivity index (χ1v) is 17.8. The molecular formula is C34H39F3N6O5S. The van der Waals surface area contributed by atoms with E-state index in [1.807, 2.05) is 29.2 Å². The first-order chi connectivity index (χ1) is 23.6. The number of anilines is 2. The van der Waals surface area contributed by atoms with Crippen LogP contribution in [0.1, 0.15) is 37.9 Å². The largest absolute Gasteiger partial charge is 0.493 e. The molecule has 1 aromatic heterocycles. The SMILES string of the molecule is O=C1CCC(Nc2ccc(N3CC(N4CCC(COc5cc(F)c6c(=O)[nH]c(CSC7CCOCC7)nc6c5)C(F)(F)C4)C3)cc2)C(=O)N1. The number of rotatable bonds is 10. The normalized spacial score (nSPS) is 23.7. The lowest BCUT2D eigenvalue weighted by atomic mass is 9.91. The lowest BCUT2D eigenvalue weighted by Crippen LogP contribution is -2.64. The van der Waals surface area contributed by atoms with Crippen molar-refractivity contribution < 1.29 is 32.2 Å². The Balaban J connectivity index is 0.902. The molecule has 4 aliphatic rings.